The number of piperidine rings is 1. The molecule has 0 aromatic heterocycles. The molecule has 0 aliphatic carbocycles. The quantitative estimate of drug-likeness (QED) is 0.769. The zero-order valence-corrected chi connectivity index (χ0v) is 14.4. The van der Waals surface area contributed by atoms with Crippen LogP contribution in [-0.4, -0.2) is 38.4 Å². The van der Waals surface area contributed by atoms with Crippen molar-refractivity contribution in [1.29, 1.82) is 0 Å². The summed E-state index contributed by atoms with van der Waals surface area (Å²) in [4.78, 5) is 11.8. The van der Waals surface area contributed by atoms with Gasteiger partial charge in [0.15, 0.2) is 0 Å². The van der Waals surface area contributed by atoms with Gasteiger partial charge in [-0.05, 0) is 38.0 Å². The molecular weight excluding hydrogens is 349 g/mol. The first-order chi connectivity index (χ1) is 10.4. The summed E-state index contributed by atoms with van der Waals surface area (Å²) in [6.07, 6.45) is 1.22. The number of nitrogens with zero attached hydrogens (tertiary/aromatic N) is 1. The number of carbonyl (C=O) groups excluding carboxylic acids is 1. The molecule has 1 aliphatic rings. The summed E-state index contributed by atoms with van der Waals surface area (Å²) in [6.45, 7) is 2.45. The number of sulfonamides is 1. The van der Waals surface area contributed by atoms with Crippen molar-refractivity contribution < 1.29 is 17.9 Å². The molecule has 0 amide bonds. The largest absolute Gasteiger partial charge is 0.466 e. The van der Waals surface area contributed by atoms with Crippen LogP contribution >= 0.6 is 23.2 Å². The molecule has 0 bridgehead atoms. The second kappa shape index (κ2) is 7.17. The highest BCUT2D eigenvalue weighted by molar-refractivity contribution is 7.89. The Kier molecular flexibility index (Phi) is 5.71. The van der Waals surface area contributed by atoms with Crippen molar-refractivity contribution in [3.05, 3.63) is 28.2 Å². The number of hydrogen-bond acceptors (Lipinski definition) is 4. The minimum atomic E-state index is -3.79. The maximum atomic E-state index is 12.7. The van der Waals surface area contributed by atoms with Crippen molar-refractivity contribution in [2.45, 2.75) is 24.7 Å². The van der Waals surface area contributed by atoms with Gasteiger partial charge in [0.1, 0.15) is 4.90 Å². The van der Waals surface area contributed by atoms with E-state index in [0.717, 1.165) is 0 Å². The molecule has 0 N–H and O–H groups in total. The Morgan fingerprint density at radius 3 is 2.82 bits per heavy atom. The smallest absolute Gasteiger partial charge is 0.310 e. The minimum Gasteiger partial charge on any atom is -0.466 e. The first-order valence-electron chi connectivity index (χ1n) is 6.98. The molecule has 122 valence electrons. The van der Waals surface area contributed by atoms with Crippen LogP contribution in [0.2, 0.25) is 10.0 Å². The number of hydrogen-bond donors (Lipinski definition) is 0. The fourth-order valence-corrected chi connectivity index (χ4v) is 4.69. The van der Waals surface area contributed by atoms with E-state index in [0.29, 0.717) is 24.4 Å². The third-order valence-electron chi connectivity index (χ3n) is 3.52. The van der Waals surface area contributed by atoms with Gasteiger partial charge in [-0.3, -0.25) is 4.79 Å². The highest BCUT2D eigenvalue weighted by atomic mass is 35.5. The van der Waals surface area contributed by atoms with Gasteiger partial charge in [-0.15, -0.1) is 0 Å². The molecule has 22 heavy (non-hydrogen) atoms. The molecule has 1 fully saturated rings. The van der Waals surface area contributed by atoms with E-state index in [9.17, 15) is 13.2 Å². The van der Waals surface area contributed by atoms with E-state index in [1.54, 1.807) is 6.92 Å². The van der Waals surface area contributed by atoms with Crippen molar-refractivity contribution in [3.8, 4) is 0 Å². The highest BCUT2D eigenvalue weighted by Gasteiger charge is 2.35. The van der Waals surface area contributed by atoms with Gasteiger partial charge in [-0.25, -0.2) is 8.42 Å². The SMILES string of the molecule is CCOC(=O)C1CCCN(S(=O)(=O)c2cc(Cl)ccc2Cl)C1. The molecule has 0 saturated carbocycles. The Labute approximate surface area is 140 Å². The Bertz CT molecular complexity index is 663. The molecule has 1 aromatic rings. The Morgan fingerprint density at radius 1 is 1.41 bits per heavy atom. The van der Waals surface area contributed by atoms with Gasteiger partial charge in [0, 0.05) is 18.1 Å². The maximum absolute atomic E-state index is 12.7. The lowest BCUT2D eigenvalue weighted by Gasteiger charge is -2.30. The summed E-state index contributed by atoms with van der Waals surface area (Å²) in [6, 6.07) is 4.30. The summed E-state index contributed by atoms with van der Waals surface area (Å²) in [5, 5.41) is 0.407. The number of esters is 1. The number of carbonyl (C=O) groups is 1. The summed E-state index contributed by atoms with van der Waals surface area (Å²) in [5.41, 5.74) is 0. The van der Waals surface area contributed by atoms with Crippen LogP contribution in [0.5, 0.6) is 0 Å². The van der Waals surface area contributed by atoms with E-state index in [1.165, 1.54) is 22.5 Å². The average molecular weight is 366 g/mol. The van der Waals surface area contributed by atoms with Crippen molar-refractivity contribution in [2.24, 2.45) is 5.92 Å². The molecule has 1 aromatic carbocycles. The topological polar surface area (TPSA) is 63.7 Å². The number of benzene rings is 1. The van der Waals surface area contributed by atoms with Gasteiger partial charge in [-0.1, -0.05) is 23.2 Å². The van der Waals surface area contributed by atoms with Gasteiger partial charge in [-0.2, -0.15) is 4.31 Å². The molecule has 1 unspecified atom stereocenters. The van der Waals surface area contributed by atoms with Crippen LogP contribution in [0.1, 0.15) is 19.8 Å². The molecule has 1 atom stereocenters. The van der Waals surface area contributed by atoms with Crippen LogP contribution in [0.3, 0.4) is 0 Å². The first-order valence-corrected chi connectivity index (χ1v) is 9.17. The lowest BCUT2D eigenvalue weighted by atomic mass is 10.0. The first kappa shape index (κ1) is 17.5. The van der Waals surface area contributed by atoms with E-state index >= 15 is 0 Å². The van der Waals surface area contributed by atoms with Crippen molar-refractivity contribution in [2.75, 3.05) is 19.7 Å². The molecule has 0 radical (unpaired) electrons. The molecule has 1 aliphatic heterocycles. The minimum absolute atomic E-state index is 0.0359. The standard InChI is InChI=1S/C14H17Cl2NO4S/c1-2-21-14(18)10-4-3-7-17(9-10)22(19,20)13-8-11(15)5-6-12(13)16/h5-6,8,10H,2-4,7,9H2,1H3. The Balaban J connectivity index is 2.25. The van der Waals surface area contributed by atoms with E-state index in [4.69, 9.17) is 27.9 Å². The third-order valence-corrected chi connectivity index (χ3v) is 6.10. The van der Waals surface area contributed by atoms with E-state index in [2.05, 4.69) is 0 Å². The molecular formula is C14H17Cl2NO4S. The maximum Gasteiger partial charge on any atom is 0.310 e. The molecule has 5 nitrogen and oxygen atoms in total. The van der Waals surface area contributed by atoms with Gasteiger partial charge in [0.25, 0.3) is 0 Å². The molecule has 1 heterocycles. The molecule has 1 saturated heterocycles. The zero-order chi connectivity index (χ0) is 16.3. The Morgan fingerprint density at radius 2 is 2.14 bits per heavy atom. The average Bonchev–Trinajstić information content (AvgIpc) is 2.50. The summed E-state index contributed by atoms with van der Waals surface area (Å²) in [7, 11) is -3.79. The number of ether oxygens (including phenoxy) is 1. The van der Waals surface area contributed by atoms with E-state index < -0.39 is 15.9 Å². The van der Waals surface area contributed by atoms with E-state index in [1.807, 2.05) is 0 Å². The monoisotopic (exact) mass is 365 g/mol. The van der Waals surface area contributed by atoms with Gasteiger partial charge in [0.05, 0.1) is 17.5 Å². The van der Waals surface area contributed by atoms with Crippen molar-refractivity contribution in [1.82, 2.24) is 4.31 Å². The van der Waals surface area contributed by atoms with Gasteiger partial charge >= 0.3 is 5.97 Å². The summed E-state index contributed by atoms with van der Waals surface area (Å²) in [5.74, 6) is -0.805. The molecule has 2 rings (SSSR count). The van der Waals surface area contributed by atoms with Crippen molar-refractivity contribution in [3.63, 3.8) is 0 Å². The van der Waals surface area contributed by atoms with Crippen LogP contribution < -0.4 is 0 Å². The second-order valence-corrected chi connectivity index (χ2v) is 7.78. The van der Waals surface area contributed by atoms with Gasteiger partial charge < -0.3 is 4.74 Å². The second-order valence-electron chi connectivity index (χ2n) is 5.03. The number of halogens is 2. The number of rotatable bonds is 4. The highest BCUT2D eigenvalue weighted by Crippen LogP contribution is 2.30. The fraction of sp³-hybridized carbons (Fsp3) is 0.500. The zero-order valence-electron chi connectivity index (χ0n) is 12.1. The normalized spacial score (nSPS) is 19.9. The molecule has 8 heteroatoms. The lowest BCUT2D eigenvalue weighted by molar-refractivity contribution is -0.149. The van der Waals surface area contributed by atoms with Crippen molar-refractivity contribution >= 4 is 39.2 Å². The predicted octanol–water partition coefficient (Wildman–Crippen LogP) is 2.96. The predicted molar refractivity (Wildman–Crippen MR) is 84.6 cm³/mol. The molecule has 0 spiro atoms. The summed E-state index contributed by atoms with van der Waals surface area (Å²) >= 11 is 11.9. The fourth-order valence-electron chi connectivity index (χ4n) is 2.43. The van der Waals surface area contributed by atoms with E-state index in [-0.39, 0.29) is 29.0 Å². The third kappa shape index (κ3) is 3.74. The van der Waals surface area contributed by atoms with Gasteiger partial charge in [0.2, 0.25) is 10.0 Å². The van der Waals surface area contributed by atoms with Crippen LogP contribution in [-0.2, 0) is 19.6 Å². The van der Waals surface area contributed by atoms with Crippen LogP contribution in [0, 0.1) is 5.92 Å². The van der Waals surface area contributed by atoms with Crippen LogP contribution in [0.15, 0.2) is 23.1 Å². The van der Waals surface area contributed by atoms with Crippen LogP contribution in [0.25, 0.3) is 0 Å². The Hall–Kier alpha value is -0.820. The summed E-state index contributed by atoms with van der Waals surface area (Å²) < 4.78 is 31.7. The van der Waals surface area contributed by atoms with Crippen LogP contribution in [0.4, 0.5) is 0 Å². The lowest BCUT2D eigenvalue weighted by Crippen LogP contribution is -2.42.